The van der Waals surface area contributed by atoms with Crippen molar-refractivity contribution in [2.45, 2.75) is 32.2 Å². The van der Waals surface area contributed by atoms with Gasteiger partial charge in [-0.25, -0.2) is 4.79 Å². The first-order valence-electron chi connectivity index (χ1n) is 9.96. The van der Waals surface area contributed by atoms with Crippen LogP contribution in [0, 0.1) is 0 Å². The normalized spacial score (nSPS) is 18.2. The van der Waals surface area contributed by atoms with E-state index in [2.05, 4.69) is 24.5 Å². The molecule has 1 atom stereocenters. The van der Waals surface area contributed by atoms with Gasteiger partial charge < -0.3 is 20.1 Å². The monoisotopic (exact) mass is 425 g/mol. The van der Waals surface area contributed by atoms with Crippen molar-refractivity contribution in [3.63, 3.8) is 0 Å². The Balaban J connectivity index is 1.76. The third-order valence-corrected chi connectivity index (χ3v) is 5.41. The van der Waals surface area contributed by atoms with Crippen LogP contribution in [0.5, 0.6) is 11.5 Å². The van der Waals surface area contributed by atoms with E-state index in [9.17, 15) is 14.4 Å². The maximum Gasteiger partial charge on any atom is 0.325 e. The van der Waals surface area contributed by atoms with Gasteiger partial charge in [0, 0.05) is 6.07 Å². The molecule has 31 heavy (non-hydrogen) atoms. The minimum atomic E-state index is -1.24. The first-order valence-corrected chi connectivity index (χ1v) is 9.96. The van der Waals surface area contributed by atoms with Gasteiger partial charge in [0.05, 0.1) is 19.9 Å². The molecule has 1 heterocycles. The molecule has 1 saturated heterocycles. The number of carbonyl (C=O) groups excluding carboxylic acids is 3. The summed E-state index contributed by atoms with van der Waals surface area (Å²) in [5.41, 5.74) is 0.937. The maximum absolute atomic E-state index is 13.1. The molecule has 0 aliphatic carbocycles. The van der Waals surface area contributed by atoms with Crippen molar-refractivity contribution in [1.82, 2.24) is 10.2 Å². The van der Waals surface area contributed by atoms with Gasteiger partial charge in [0.2, 0.25) is 5.91 Å². The zero-order valence-electron chi connectivity index (χ0n) is 18.3. The van der Waals surface area contributed by atoms with E-state index in [1.54, 1.807) is 25.1 Å². The molecule has 2 N–H and O–H groups in total. The summed E-state index contributed by atoms with van der Waals surface area (Å²) < 4.78 is 10.4. The summed E-state index contributed by atoms with van der Waals surface area (Å²) >= 11 is 0. The Morgan fingerprint density at radius 1 is 1.10 bits per heavy atom. The summed E-state index contributed by atoms with van der Waals surface area (Å²) in [4.78, 5) is 39.1. The largest absolute Gasteiger partial charge is 0.497 e. The fraction of sp³-hybridized carbons (Fsp3) is 0.348. The van der Waals surface area contributed by atoms with Crippen molar-refractivity contribution in [3.8, 4) is 11.5 Å². The van der Waals surface area contributed by atoms with Crippen molar-refractivity contribution in [3.05, 3.63) is 53.6 Å². The molecule has 0 radical (unpaired) electrons. The molecule has 0 saturated carbocycles. The van der Waals surface area contributed by atoms with Gasteiger partial charge in [0.1, 0.15) is 23.6 Å². The highest BCUT2D eigenvalue weighted by Crippen LogP contribution is 2.31. The summed E-state index contributed by atoms with van der Waals surface area (Å²) in [6.45, 7) is 5.37. The van der Waals surface area contributed by atoms with Crippen LogP contribution in [0.1, 0.15) is 37.8 Å². The predicted octanol–water partition coefficient (Wildman–Crippen LogP) is 3.23. The van der Waals surface area contributed by atoms with Crippen molar-refractivity contribution in [1.29, 1.82) is 0 Å². The lowest BCUT2D eigenvalue weighted by Gasteiger charge is -2.23. The second kappa shape index (κ2) is 8.67. The van der Waals surface area contributed by atoms with Crippen LogP contribution < -0.4 is 20.1 Å². The summed E-state index contributed by atoms with van der Waals surface area (Å²) in [6.07, 6.45) is 0. The Hall–Kier alpha value is -3.55. The first-order chi connectivity index (χ1) is 14.7. The Labute approximate surface area is 181 Å². The van der Waals surface area contributed by atoms with Gasteiger partial charge in [-0.05, 0) is 36.1 Å². The summed E-state index contributed by atoms with van der Waals surface area (Å²) in [6, 6.07) is 11.9. The maximum atomic E-state index is 13.1. The van der Waals surface area contributed by atoms with Gasteiger partial charge in [-0.15, -0.1) is 0 Å². The minimum absolute atomic E-state index is 0.351. The lowest BCUT2D eigenvalue weighted by Crippen LogP contribution is -2.42. The van der Waals surface area contributed by atoms with E-state index in [0.29, 0.717) is 28.7 Å². The fourth-order valence-electron chi connectivity index (χ4n) is 3.48. The Morgan fingerprint density at radius 2 is 1.77 bits per heavy atom. The molecule has 3 rings (SSSR count). The summed E-state index contributed by atoms with van der Waals surface area (Å²) in [7, 11) is 2.99. The molecule has 8 nitrogen and oxygen atoms in total. The molecule has 0 aromatic heterocycles. The highest BCUT2D eigenvalue weighted by atomic mass is 16.5. The lowest BCUT2D eigenvalue weighted by atomic mass is 9.90. The number of anilines is 1. The predicted molar refractivity (Wildman–Crippen MR) is 116 cm³/mol. The average Bonchev–Trinajstić information content (AvgIpc) is 2.97. The molecule has 1 aliphatic rings. The van der Waals surface area contributed by atoms with Crippen LogP contribution in [0.3, 0.4) is 0 Å². The van der Waals surface area contributed by atoms with E-state index in [1.807, 2.05) is 24.3 Å². The molecule has 1 aliphatic heterocycles. The van der Waals surface area contributed by atoms with Crippen LogP contribution in [0.4, 0.5) is 10.5 Å². The second-order valence-corrected chi connectivity index (χ2v) is 7.84. The number of hydrogen-bond donors (Lipinski definition) is 2. The molecule has 4 amide bonds. The first kappa shape index (κ1) is 22.1. The van der Waals surface area contributed by atoms with Crippen LogP contribution in [0.25, 0.3) is 0 Å². The molecule has 164 valence electrons. The van der Waals surface area contributed by atoms with Crippen molar-refractivity contribution < 1.29 is 23.9 Å². The van der Waals surface area contributed by atoms with E-state index in [4.69, 9.17) is 9.47 Å². The molecule has 0 spiro atoms. The zero-order valence-corrected chi connectivity index (χ0v) is 18.3. The van der Waals surface area contributed by atoms with Crippen molar-refractivity contribution >= 4 is 23.5 Å². The number of amides is 4. The van der Waals surface area contributed by atoms with Crippen LogP contribution in [-0.2, 0) is 15.1 Å². The van der Waals surface area contributed by atoms with Gasteiger partial charge in [-0.2, -0.15) is 0 Å². The Kier molecular flexibility index (Phi) is 6.19. The van der Waals surface area contributed by atoms with E-state index in [-0.39, 0.29) is 0 Å². The van der Waals surface area contributed by atoms with E-state index in [0.717, 1.165) is 10.5 Å². The van der Waals surface area contributed by atoms with Gasteiger partial charge in [0.15, 0.2) is 0 Å². The third-order valence-electron chi connectivity index (χ3n) is 5.41. The van der Waals surface area contributed by atoms with Crippen molar-refractivity contribution in [2.24, 2.45) is 0 Å². The number of benzene rings is 2. The van der Waals surface area contributed by atoms with Crippen LogP contribution in [0.2, 0.25) is 0 Å². The fourth-order valence-corrected chi connectivity index (χ4v) is 3.48. The smallest absolute Gasteiger partial charge is 0.325 e. The number of hydrogen-bond acceptors (Lipinski definition) is 5. The molecule has 2 aromatic carbocycles. The molecule has 0 bridgehead atoms. The molecule has 0 unspecified atom stereocenters. The van der Waals surface area contributed by atoms with Crippen molar-refractivity contribution in [2.75, 3.05) is 26.1 Å². The number of imide groups is 1. The number of carbonyl (C=O) groups is 3. The Bertz CT molecular complexity index is 1000. The highest BCUT2D eigenvalue weighted by Gasteiger charge is 2.49. The number of rotatable bonds is 7. The summed E-state index contributed by atoms with van der Waals surface area (Å²) in [5.74, 6) is 0.298. The number of nitrogens with zero attached hydrogens (tertiary/aromatic N) is 1. The van der Waals surface area contributed by atoms with Gasteiger partial charge in [-0.1, -0.05) is 38.1 Å². The van der Waals surface area contributed by atoms with E-state index >= 15 is 0 Å². The SMILES string of the molecule is COc1ccc(OC)c(NC(=O)CN2C(=O)N[C@](C)(c3ccc(C(C)C)cc3)C2=O)c1. The molecular weight excluding hydrogens is 398 g/mol. The van der Waals surface area contributed by atoms with Crippen LogP contribution in [0.15, 0.2) is 42.5 Å². The number of urea groups is 1. The third kappa shape index (κ3) is 4.33. The Morgan fingerprint density at radius 3 is 2.35 bits per heavy atom. The molecule has 1 fully saturated rings. The topological polar surface area (TPSA) is 97.0 Å². The van der Waals surface area contributed by atoms with Crippen LogP contribution >= 0.6 is 0 Å². The lowest BCUT2D eigenvalue weighted by molar-refractivity contribution is -0.133. The number of methoxy groups -OCH3 is 2. The number of nitrogens with one attached hydrogen (secondary N) is 2. The van der Waals surface area contributed by atoms with Gasteiger partial charge >= 0.3 is 6.03 Å². The van der Waals surface area contributed by atoms with E-state index < -0.39 is 29.9 Å². The standard InChI is InChI=1S/C23H27N3O5/c1-14(2)15-6-8-16(9-7-15)23(3)21(28)26(22(29)25-23)13-20(27)24-18-12-17(30-4)10-11-19(18)31-5/h6-12,14H,13H2,1-5H3,(H,24,27)(H,25,29)/t23-/m1/s1. The van der Waals surface area contributed by atoms with E-state index in [1.165, 1.54) is 14.2 Å². The molecular formula is C23H27N3O5. The molecule has 2 aromatic rings. The minimum Gasteiger partial charge on any atom is -0.497 e. The highest BCUT2D eigenvalue weighted by molar-refractivity contribution is 6.10. The van der Waals surface area contributed by atoms with Gasteiger partial charge in [0.25, 0.3) is 5.91 Å². The van der Waals surface area contributed by atoms with Gasteiger partial charge in [-0.3, -0.25) is 14.5 Å². The van der Waals surface area contributed by atoms with Crippen LogP contribution in [-0.4, -0.2) is 43.5 Å². The zero-order chi connectivity index (χ0) is 22.8. The molecule has 8 heteroatoms. The quantitative estimate of drug-likeness (QED) is 0.664. The second-order valence-electron chi connectivity index (χ2n) is 7.84. The average molecular weight is 425 g/mol. The summed E-state index contributed by atoms with van der Waals surface area (Å²) in [5, 5.41) is 5.39. The number of ether oxygens (including phenoxy) is 2.